The summed E-state index contributed by atoms with van der Waals surface area (Å²) < 4.78 is 7.19. The van der Waals surface area contributed by atoms with Gasteiger partial charge in [-0.15, -0.1) is 0 Å². The zero-order chi connectivity index (χ0) is 18.4. The number of nitrogens with one attached hydrogen (secondary N) is 1. The van der Waals surface area contributed by atoms with Gasteiger partial charge in [-0.25, -0.2) is 0 Å². The predicted molar refractivity (Wildman–Crippen MR) is 98.9 cm³/mol. The number of carboxylic acid groups (broad SMARTS) is 1. The molecule has 1 aromatic carbocycles. The topological polar surface area (TPSA) is 84.3 Å². The standard InChI is InChI=1S/C20H20N2O4/c1-11-12-4-3-9-26-16(12)6-5-13(11)18-14-7-8-21-19(14)20(25)22(2)15(18)10-17(23)24/h5-8,21H,3-4,9-10H2,1-2H3,(H,23,24). The highest BCUT2D eigenvalue weighted by atomic mass is 16.5. The Labute approximate surface area is 150 Å². The molecule has 0 unspecified atom stereocenters. The van der Waals surface area contributed by atoms with Crippen LogP contribution >= 0.6 is 0 Å². The van der Waals surface area contributed by atoms with Crippen LogP contribution < -0.4 is 10.3 Å². The van der Waals surface area contributed by atoms with Crippen LogP contribution in [0.15, 0.2) is 29.2 Å². The van der Waals surface area contributed by atoms with Crippen molar-refractivity contribution in [2.24, 2.45) is 7.05 Å². The number of carbonyl (C=O) groups is 1. The number of rotatable bonds is 3. The van der Waals surface area contributed by atoms with Gasteiger partial charge in [0.15, 0.2) is 0 Å². The average molecular weight is 352 g/mol. The molecule has 0 saturated heterocycles. The quantitative estimate of drug-likeness (QED) is 0.759. The molecular weight excluding hydrogens is 332 g/mol. The highest BCUT2D eigenvalue weighted by Gasteiger charge is 2.23. The number of aromatic nitrogens is 2. The van der Waals surface area contributed by atoms with Gasteiger partial charge < -0.3 is 19.4 Å². The molecule has 4 rings (SSSR count). The Balaban J connectivity index is 2.08. The summed E-state index contributed by atoms with van der Waals surface area (Å²) in [4.78, 5) is 27.1. The molecule has 0 aliphatic carbocycles. The Bertz CT molecular complexity index is 1090. The third-order valence-electron chi connectivity index (χ3n) is 5.20. The van der Waals surface area contributed by atoms with E-state index in [1.807, 2.05) is 25.1 Å². The lowest BCUT2D eigenvalue weighted by molar-refractivity contribution is -0.136. The predicted octanol–water partition coefficient (Wildman–Crippen LogP) is 2.79. The molecule has 0 bridgehead atoms. The van der Waals surface area contributed by atoms with Gasteiger partial charge in [0.2, 0.25) is 0 Å². The van der Waals surface area contributed by atoms with Gasteiger partial charge in [-0.2, -0.15) is 0 Å². The van der Waals surface area contributed by atoms with Crippen LogP contribution in [-0.4, -0.2) is 27.2 Å². The molecule has 0 fully saturated rings. The van der Waals surface area contributed by atoms with E-state index in [4.69, 9.17) is 4.74 Å². The number of benzene rings is 1. The van der Waals surface area contributed by atoms with E-state index in [2.05, 4.69) is 4.98 Å². The molecule has 1 aliphatic heterocycles. The van der Waals surface area contributed by atoms with Crippen molar-refractivity contribution in [3.63, 3.8) is 0 Å². The zero-order valence-corrected chi connectivity index (χ0v) is 14.8. The Hall–Kier alpha value is -3.02. The van der Waals surface area contributed by atoms with Gasteiger partial charge in [0.1, 0.15) is 11.3 Å². The first-order chi connectivity index (χ1) is 12.5. The molecule has 134 valence electrons. The fourth-order valence-corrected chi connectivity index (χ4v) is 3.90. The number of H-pyrrole nitrogens is 1. The third-order valence-corrected chi connectivity index (χ3v) is 5.20. The summed E-state index contributed by atoms with van der Waals surface area (Å²) >= 11 is 0. The number of pyridine rings is 1. The van der Waals surface area contributed by atoms with E-state index in [1.165, 1.54) is 4.57 Å². The Morgan fingerprint density at radius 2 is 2.15 bits per heavy atom. The monoisotopic (exact) mass is 352 g/mol. The summed E-state index contributed by atoms with van der Waals surface area (Å²) in [6.07, 6.45) is 3.41. The molecule has 0 spiro atoms. The lowest BCUT2D eigenvalue weighted by Crippen LogP contribution is -2.24. The SMILES string of the molecule is Cc1c(-c2c(CC(=O)O)n(C)c(=O)c3[nH]ccc23)ccc2c1CCCO2. The van der Waals surface area contributed by atoms with Gasteiger partial charge in [-0.05, 0) is 48.6 Å². The minimum atomic E-state index is -0.963. The Morgan fingerprint density at radius 1 is 1.35 bits per heavy atom. The highest BCUT2D eigenvalue weighted by Crippen LogP contribution is 2.38. The number of ether oxygens (including phenoxy) is 1. The van der Waals surface area contributed by atoms with Crippen LogP contribution in [0, 0.1) is 6.92 Å². The molecular formula is C20H20N2O4. The fourth-order valence-electron chi connectivity index (χ4n) is 3.90. The van der Waals surface area contributed by atoms with E-state index in [0.717, 1.165) is 52.8 Å². The molecule has 1 aliphatic rings. The third kappa shape index (κ3) is 2.41. The summed E-state index contributed by atoms with van der Waals surface area (Å²) in [6.45, 7) is 2.76. The zero-order valence-electron chi connectivity index (χ0n) is 14.8. The van der Waals surface area contributed by atoms with Crippen molar-refractivity contribution in [1.29, 1.82) is 0 Å². The molecule has 26 heavy (non-hydrogen) atoms. The molecule has 3 heterocycles. The minimum Gasteiger partial charge on any atom is -0.493 e. The fraction of sp³-hybridized carbons (Fsp3) is 0.300. The lowest BCUT2D eigenvalue weighted by atomic mass is 9.89. The molecule has 0 amide bonds. The van der Waals surface area contributed by atoms with E-state index in [-0.39, 0.29) is 12.0 Å². The number of fused-ring (bicyclic) bond motifs is 2. The van der Waals surface area contributed by atoms with Crippen LogP contribution in [0.1, 0.15) is 23.2 Å². The lowest BCUT2D eigenvalue weighted by Gasteiger charge is -2.23. The molecule has 0 saturated carbocycles. The van der Waals surface area contributed by atoms with Crippen molar-refractivity contribution in [2.75, 3.05) is 6.61 Å². The maximum absolute atomic E-state index is 12.6. The summed E-state index contributed by atoms with van der Waals surface area (Å²) in [6, 6.07) is 5.76. The van der Waals surface area contributed by atoms with Crippen LogP contribution in [0.25, 0.3) is 22.0 Å². The van der Waals surface area contributed by atoms with Crippen molar-refractivity contribution in [1.82, 2.24) is 9.55 Å². The molecule has 6 heteroatoms. The van der Waals surface area contributed by atoms with E-state index in [9.17, 15) is 14.7 Å². The van der Waals surface area contributed by atoms with Crippen molar-refractivity contribution < 1.29 is 14.6 Å². The maximum Gasteiger partial charge on any atom is 0.309 e. The van der Waals surface area contributed by atoms with Crippen LogP contribution in [-0.2, 0) is 24.7 Å². The van der Waals surface area contributed by atoms with Crippen LogP contribution in [0.2, 0.25) is 0 Å². The largest absolute Gasteiger partial charge is 0.493 e. The van der Waals surface area contributed by atoms with Crippen LogP contribution in [0.5, 0.6) is 5.75 Å². The first-order valence-corrected chi connectivity index (χ1v) is 8.65. The second-order valence-corrected chi connectivity index (χ2v) is 6.69. The van der Waals surface area contributed by atoms with Crippen molar-refractivity contribution in [3.8, 4) is 16.9 Å². The number of aliphatic carboxylic acids is 1. The number of carboxylic acids is 1. The molecule has 0 radical (unpaired) electrons. The van der Waals surface area contributed by atoms with Crippen LogP contribution in [0.4, 0.5) is 0 Å². The Morgan fingerprint density at radius 3 is 2.92 bits per heavy atom. The molecule has 2 aromatic heterocycles. The van der Waals surface area contributed by atoms with E-state index < -0.39 is 5.97 Å². The summed E-state index contributed by atoms with van der Waals surface area (Å²) in [5, 5.41) is 10.1. The molecule has 0 atom stereocenters. The molecule has 3 aromatic rings. The number of aromatic amines is 1. The molecule has 2 N–H and O–H groups in total. The van der Waals surface area contributed by atoms with Crippen LogP contribution in [0.3, 0.4) is 0 Å². The van der Waals surface area contributed by atoms with Gasteiger partial charge in [0, 0.05) is 29.9 Å². The minimum absolute atomic E-state index is 0.213. The number of hydrogen-bond acceptors (Lipinski definition) is 3. The van der Waals surface area contributed by atoms with E-state index in [0.29, 0.717) is 11.2 Å². The van der Waals surface area contributed by atoms with Crippen molar-refractivity contribution in [3.05, 3.63) is 51.6 Å². The first-order valence-electron chi connectivity index (χ1n) is 8.65. The summed E-state index contributed by atoms with van der Waals surface area (Å²) in [7, 11) is 1.63. The van der Waals surface area contributed by atoms with Crippen molar-refractivity contribution in [2.45, 2.75) is 26.2 Å². The van der Waals surface area contributed by atoms with E-state index in [1.54, 1.807) is 13.2 Å². The first kappa shape index (κ1) is 16.4. The smallest absolute Gasteiger partial charge is 0.309 e. The van der Waals surface area contributed by atoms with Gasteiger partial charge in [0.05, 0.1) is 13.0 Å². The Kier molecular flexibility index (Phi) is 3.83. The second-order valence-electron chi connectivity index (χ2n) is 6.69. The van der Waals surface area contributed by atoms with Gasteiger partial charge in [-0.3, -0.25) is 9.59 Å². The number of hydrogen-bond donors (Lipinski definition) is 2. The van der Waals surface area contributed by atoms with Gasteiger partial charge >= 0.3 is 5.97 Å². The highest BCUT2D eigenvalue weighted by molar-refractivity contribution is 5.98. The van der Waals surface area contributed by atoms with Crippen molar-refractivity contribution >= 4 is 16.9 Å². The van der Waals surface area contributed by atoms with Gasteiger partial charge in [-0.1, -0.05) is 6.07 Å². The number of nitrogens with zero attached hydrogens (tertiary/aromatic N) is 1. The maximum atomic E-state index is 12.6. The average Bonchev–Trinajstić information content (AvgIpc) is 3.10. The second kappa shape index (κ2) is 6.05. The normalized spacial score (nSPS) is 13.5. The summed E-state index contributed by atoms with van der Waals surface area (Å²) in [5.74, 6) is -0.0671. The van der Waals surface area contributed by atoms with Gasteiger partial charge in [0.25, 0.3) is 5.56 Å². The summed E-state index contributed by atoms with van der Waals surface area (Å²) in [5.41, 5.74) is 4.77. The van der Waals surface area contributed by atoms with E-state index >= 15 is 0 Å². The molecule has 6 nitrogen and oxygen atoms in total.